The van der Waals surface area contributed by atoms with Gasteiger partial charge in [-0.1, -0.05) is 13.8 Å². The van der Waals surface area contributed by atoms with Crippen molar-refractivity contribution >= 4 is 23.5 Å². The molecule has 0 bridgehead atoms. The number of aromatic nitrogens is 1. The number of thiazole rings is 1. The van der Waals surface area contributed by atoms with Crippen molar-refractivity contribution in [2.45, 2.75) is 19.8 Å². The molecule has 0 spiro atoms. The summed E-state index contributed by atoms with van der Waals surface area (Å²) in [7, 11) is 0. The van der Waals surface area contributed by atoms with Crippen molar-refractivity contribution in [2.24, 2.45) is 5.10 Å². The van der Waals surface area contributed by atoms with Crippen molar-refractivity contribution in [2.75, 3.05) is 0 Å². The maximum absolute atomic E-state index is 11.8. The fourth-order valence-electron chi connectivity index (χ4n) is 1.43. The Morgan fingerprint density at radius 3 is 2.70 bits per heavy atom. The van der Waals surface area contributed by atoms with Gasteiger partial charge in [0.1, 0.15) is 5.75 Å². The minimum absolute atomic E-state index is 0.190. The van der Waals surface area contributed by atoms with E-state index >= 15 is 0 Å². The van der Waals surface area contributed by atoms with Crippen molar-refractivity contribution in [3.05, 3.63) is 45.9 Å². The van der Waals surface area contributed by atoms with Crippen LogP contribution in [0.1, 0.15) is 40.8 Å². The molecular formula is C14H15N3O2S. The fourth-order valence-corrected chi connectivity index (χ4v) is 2.30. The number of rotatable bonds is 4. The molecule has 0 aliphatic heterocycles. The first-order valence-electron chi connectivity index (χ1n) is 6.14. The molecule has 0 atom stereocenters. The lowest BCUT2D eigenvalue weighted by atomic mass is 10.2. The SMILES string of the molecule is CC(C)c1csc(C(=O)N/N=C\c2ccc(O)cc2)n1. The fraction of sp³-hybridized carbons (Fsp3) is 0.214. The summed E-state index contributed by atoms with van der Waals surface area (Å²) < 4.78 is 0. The van der Waals surface area contributed by atoms with Crippen LogP contribution in [0, 0.1) is 0 Å². The van der Waals surface area contributed by atoms with Gasteiger partial charge in [0.15, 0.2) is 5.01 Å². The van der Waals surface area contributed by atoms with Gasteiger partial charge < -0.3 is 5.11 Å². The van der Waals surface area contributed by atoms with Gasteiger partial charge in [-0.3, -0.25) is 4.79 Å². The van der Waals surface area contributed by atoms with E-state index < -0.39 is 0 Å². The monoisotopic (exact) mass is 289 g/mol. The second-order valence-corrected chi connectivity index (χ2v) is 5.38. The van der Waals surface area contributed by atoms with E-state index in [2.05, 4.69) is 15.5 Å². The molecular weight excluding hydrogens is 274 g/mol. The summed E-state index contributed by atoms with van der Waals surface area (Å²) in [5.41, 5.74) is 4.12. The number of nitrogens with one attached hydrogen (secondary N) is 1. The van der Waals surface area contributed by atoms with Crippen LogP contribution in [0.15, 0.2) is 34.7 Å². The van der Waals surface area contributed by atoms with E-state index in [4.69, 9.17) is 5.11 Å². The molecule has 104 valence electrons. The van der Waals surface area contributed by atoms with E-state index in [1.165, 1.54) is 17.6 Å². The molecule has 0 saturated heterocycles. The number of phenols is 1. The Kier molecular flexibility index (Phi) is 4.47. The van der Waals surface area contributed by atoms with Gasteiger partial charge in [0, 0.05) is 5.38 Å². The largest absolute Gasteiger partial charge is 0.508 e. The highest BCUT2D eigenvalue weighted by molar-refractivity contribution is 7.11. The summed E-state index contributed by atoms with van der Waals surface area (Å²) in [6.07, 6.45) is 1.51. The van der Waals surface area contributed by atoms with Crippen LogP contribution >= 0.6 is 11.3 Å². The third-order valence-corrected chi connectivity index (χ3v) is 3.44. The Morgan fingerprint density at radius 2 is 2.10 bits per heavy atom. The van der Waals surface area contributed by atoms with Crippen molar-refractivity contribution in [1.29, 1.82) is 0 Å². The number of carbonyl (C=O) groups is 1. The van der Waals surface area contributed by atoms with Crippen molar-refractivity contribution in [3.8, 4) is 5.75 Å². The third-order valence-electron chi connectivity index (χ3n) is 2.58. The molecule has 20 heavy (non-hydrogen) atoms. The summed E-state index contributed by atoms with van der Waals surface area (Å²) in [5.74, 6) is 0.167. The molecule has 2 rings (SSSR count). The highest BCUT2D eigenvalue weighted by atomic mass is 32.1. The van der Waals surface area contributed by atoms with Gasteiger partial charge >= 0.3 is 0 Å². The Bertz CT molecular complexity index is 618. The predicted octanol–water partition coefficient (Wildman–Crippen LogP) is 2.74. The van der Waals surface area contributed by atoms with Gasteiger partial charge in [0.05, 0.1) is 11.9 Å². The van der Waals surface area contributed by atoms with Gasteiger partial charge in [-0.05, 0) is 35.7 Å². The highest BCUT2D eigenvalue weighted by Crippen LogP contribution is 2.17. The maximum atomic E-state index is 11.8. The Morgan fingerprint density at radius 1 is 1.40 bits per heavy atom. The molecule has 2 N–H and O–H groups in total. The predicted molar refractivity (Wildman–Crippen MR) is 79.4 cm³/mol. The molecule has 1 aromatic carbocycles. The molecule has 1 heterocycles. The van der Waals surface area contributed by atoms with Crippen LogP contribution in [-0.2, 0) is 0 Å². The number of hydrazone groups is 1. The molecule has 0 unspecified atom stereocenters. The number of amides is 1. The Balaban J connectivity index is 1.95. The van der Waals surface area contributed by atoms with Gasteiger partial charge in [-0.15, -0.1) is 11.3 Å². The first-order valence-corrected chi connectivity index (χ1v) is 7.02. The molecule has 1 amide bonds. The topological polar surface area (TPSA) is 74.6 Å². The zero-order valence-corrected chi connectivity index (χ0v) is 12.0. The number of aromatic hydroxyl groups is 1. The van der Waals surface area contributed by atoms with Gasteiger partial charge in [0.25, 0.3) is 5.91 Å². The first-order chi connectivity index (χ1) is 9.56. The zero-order chi connectivity index (χ0) is 14.5. The smallest absolute Gasteiger partial charge is 0.300 e. The van der Waals surface area contributed by atoms with Crippen LogP contribution in [0.4, 0.5) is 0 Å². The number of benzene rings is 1. The van der Waals surface area contributed by atoms with Crippen LogP contribution in [0.5, 0.6) is 5.75 Å². The molecule has 1 aromatic heterocycles. The Labute approximate surface area is 121 Å². The summed E-state index contributed by atoms with van der Waals surface area (Å²) >= 11 is 1.30. The van der Waals surface area contributed by atoms with E-state index in [1.54, 1.807) is 24.3 Å². The zero-order valence-electron chi connectivity index (χ0n) is 11.2. The standard InChI is InChI=1S/C14H15N3O2S/c1-9(2)12-8-20-14(16-12)13(19)17-15-7-10-3-5-11(18)6-4-10/h3-9,18H,1-2H3,(H,17,19)/b15-7-. The van der Waals surface area contributed by atoms with Gasteiger partial charge in [0.2, 0.25) is 0 Å². The van der Waals surface area contributed by atoms with Crippen LogP contribution in [0.25, 0.3) is 0 Å². The molecule has 0 radical (unpaired) electrons. The van der Waals surface area contributed by atoms with Gasteiger partial charge in [-0.25, -0.2) is 10.4 Å². The van der Waals surface area contributed by atoms with E-state index in [0.717, 1.165) is 11.3 Å². The van der Waals surface area contributed by atoms with Crippen molar-refractivity contribution < 1.29 is 9.90 Å². The summed E-state index contributed by atoms with van der Waals surface area (Å²) in [6, 6.07) is 6.51. The van der Waals surface area contributed by atoms with Crippen LogP contribution in [0.2, 0.25) is 0 Å². The number of nitrogens with zero attached hydrogens (tertiary/aromatic N) is 2. The molecule has 2 aromatic rings. The minimum Gasteiger partial charge on any atom is -0.508 e. The molecule has 0 aliphatic carbocycles. The normalized spacial score (nSPS) is 11.2. The third kappa shape index (κ3) is 3.64. The quantitative estimate of drug-likeness (QED) is 0.671. The molecule has 0 saturated carbocycles. The lowest BCUT2D eigenvalue weighted by molar-refractivity contribution is 0.0954. The number of carbonyl (C=O) groups excluding carboxylic acids is 1. The molecule has 0 fully saturated rings. The highest BCUT2D eigenvalue weighted by Gasteiger charge is 2.11. The van der Waals surface area contributed by atoms with Gasteiger partial charge in [-0.2, -0.15) is 5.10 Å². The second kappa shape index (κ2) is 6.29. The number of hydrogen-bond donors (Lipinski definition) is 2. The summed E-state index contributed by atoms with van der Waals surface area (Å²) in [4.78, 5) is 16.1. The average molecular weight is 289 g/mol. The first kappa shape index (κ1) is 14.2. The van der Waals surface area contributed by atoms with Crippen molar-refractivity contribution in [3.63, 3.8) is 0 Å². The summed E-state index contributed by atoms with van der Waals surface area (Å²) in [5, 5.41) is 15.3. The maximum Gasteiger partial charge on any atom is 0.300 e. The Hall–Kier alpha value is -2.21. The average Bonchev–Trinajstić information content (AvgIpc) is 2.91. The van der Waals surface area contributed by atoms with E-state index in [0.29, 0.717) is 10.9 Å². The summed E-state index contributed by atoms with van der Waals surface area (Å²) in [6.45, 7) is 4.05. The molecule has 6 heteroatoms. The number of phenolic OH excluding ortho intramolecular Hbond substituents is 1. The van der Waals surface area contributed by atoms with E-state index in [9.17, 15) is 4.79 Å². The lowest BCUT2D eigenvalue weighted by Gasteiger charge is -1.97. The number of hydrogen-bond acceptors (Lipinski definition) is 5. The second-order valence-electron chi connectivity index (χ2n) is 4.52. The molecule has 5 nitrogen and oxygen atoms in total. The van der Waals surface area contributed by atoms with E-state index in [1.807, 2.05) is 19.2 Å². The van der Waals surface area contributed by atoms with Crippen LogP contribution in [0.3, 0.4) is 0 Å². The van der Waals surface area contributed by atoms with Crippen LogP contribution < -0.4 is 5.43 Å². The minimum atomic E-state index is -0.322. The van der Waals surface area contributed by atoms with Crippen LogP contribution in [-0.4, -0.2) is 22.2 Å². The van der Waals surface area contributed by atoms with Crippen molar-refractivity contribution in [1.82, 2.24) is 10.4 Å². The molecule has 0 aliphatic rings. The lowest BCUT2D eigenvalue weighted by Crippen LogP contribution is -2.17. The van der Waals surface area contributed by atoms with E-state index in [-0.39, 0.29) is 11.7 Å².